The average molecular weight is 261 g/mol. The van der Waals surface area contributed by atoms with Crippen LogP contribution in [0.4, 0.5) is 0 Å². The Hall–Kier alpha value is -0.840. The number of hydrogen-bond donors (Lipinski definition) is 0. The Morgan fingerprint density at radius 3 is 2.71 bits per heavy atom. The summed E-state index contributed by atoms with van der Waals surface area (Å²) in [6, 6.07) is 0. The second-order valence-corrected chi connectivity index (χ2v) is 3.74. The number of ether oxygens (including phenoxy) is 1. The van der Waals surface area contributed by atoms with Gasteiger partial charge in [-0.05, 0) is 29.8 Å². The number of carbonyl (C=O) groups excluding carboxylic acids is 1. The van der Waals surface area contributed by atoms with E-state index in [-0.39, 0.29) is 12.4 Å². The minimum atomic E-state index is -0.226. The molecule has 0 N–H and O–H groups in total. The standard InChI is InChI=1S/C9H13BrN2O2/c1-4-14-8(13)5-7-9(10)6(2)11-12(7)3/h4-5H2,1-3H3. The molecule has 0 fully saturated rings. The molecule has 0 amide bonds. The van der Waals surface area contributed by atoms with Gasteiger partial charge in [0.25, 0.3) is 0 Å². The highest BCUT2D eigenvalue weighted by Crippen LogP contribution is 2.20. The fourth-order valence-electron chi connectivity index (χ4n) is 1.22. The molecular weight excluding hydrogens is 248 g/mol. The van der Waals surface area contributed by atoms with Crippen molar-refractivity contribution in [2.24, 2.45) is 7.05 Å². The third-order valence-corrected chi connectivity index (χ3v) is 2.91. The Labute approximate surface area is 91.4 Å². The predicted octanol–water partition coefficient (Wildman–Crippen LogP) is 1.60. The maximum absolute atomic E-state index is 11.2. The lowest BCUT2D eigenvalue weighted by Gasteiger charge is -2.02. The van der Waals surface area contributed by atoms with Gasteiger partial charge in [-0.15, -0.1) is 0 Å². The Kier molecular flexibility index (Phi) is 3.69. The molecule has 14 heavy (non-hydrogen) atoms. The zero-order chi connectivity index (χ0) is 10.7. The molecule has 0 aliphatic heterocycles. The van der Waals surface area contributed by atoms with Gasteiger partial charge in [-0.25, -0.2) is 0 Å². The highest BCUT2D eigenvalue weighted by Gasteiger charge is 2.14. The highest BCUT2D eigenvalue weighted by atomic mass is 79.9. The molecular formula is C9H13BrN2O2. The number of aromatic nitrogens is 2. The summed E-state index contributed by atoms with van der Waals surface area (Å²) in [7, 11) is 1.81. The summed E-state index contributed by atoms with van der Waals surface area (Å²) in [6.45, 7) is 4.09. The van der Waals surface area contributed by atoms with Crippen molar-refractivity contribution in [1.82, 2.24) is 9.78 Å². The van der Waals surface area contributed by atoms with Crippen molar-refractivity contribution in [3.8, 4) is 0 Å². The number of esters is 1. The van der Waals surface area contributed by atoms with Crippen LogP contribution in [-0.2, 0) is 23.0 Å². The Morgan fingerprint density at radius 1 is 1.64 bits per heavy atom. The Balaban J connectivity index is 2.81. The monoisotopic (exact) mass is 260 g/mol. The van der Waals surface area contributed by atoms with Crippen LogP contribution in [0.3, 0.4) is 0 Å². The van der Waals surface area contributed by atoms with Crippen molar-refractivity contribution in [2.45, 2.75) is 20.3 Å². The summed E-state index contributed by atoms with van der Waals surface area (Å²) in [5.74, 6) is -0.226. The molecule has 78 valence electrons. The Bertz CT molecular complexity index is 347. The van der Waals surface area contributed by atoms with Crippen LogP contribution in [0.5, 0.6) is 0 Å². The molecule has 0 aliphatic rings. The topological polar surface area (TPSA) is 44.1 Å². The minimum Gasteiger partial charge on any atom is -0.466 e. The zero-order valence-corrected chi connectivity index (χ0v) is 10.1. The first-order valence-electron chi connectivity index (χ1n) is 4.39. The zero-order valence-electron chi connectivity index (χ0n) is 8.50. The molecule has 1 aromatic rings. The lowest BCUT2D eigenvalue weighted by atomic mass is 10.3. The van der Waals surface area contributed by atoms with Gasteiger partial charge < -0.3 is 4.74 Å². The van der Waals surface area contributed by atoms with Crippen LogP contribution < -0.4 is 0 Å². The van der Waals surface area contributed by atoms with Gasteiger partial charge in [0.05, 0.1) is 28.9 Å². The summed E-state index contributed by atoms with van der Waals surface area (Å²) < 4.78 is 7.44. The molecule has 5 heteroatoms. The third kappa shape index (κ3) is 2.35. The molecule has 0 saturated carbocycles. The average Bonchev–Trinajstić information content (AvgIpc) is 2.33. The molecule has 0 spiro atoms. The summed E-state index contributed by atoms with van der Waals surface area (Å²) in [5.41, 5.74) is 1.73. The quantitative estimate of drug-likeness (QED) is 0.776. The molecule has 0 radical (unpaired) electrons. The van der Waals surface area contributed by atoms with Crippen molar-refractivity contribution in [3.63, 3.8) is 0 Å². The van der Waals surface area contributed by atoms with Crippen LogP contribution in [0.25, 0.3) is 0 Å². The highest BCUT2D eigenvalue weighted by molar-refractivity contribution is 9.10. The van der Waals surface area contributed by atoms with E-state index in [1.807, 2.05) is 14.0 Å². The van der Waals surface area contributed by atoms with E-state index >= 15 is 0 Å². The number of rotatable bonds is 3. The van der Waals surface area contributed by atoms with Gasteiger partial charge >= 0.3 is 5.97 Å². The first-order chi connectivity index (χ1) is 6.56. The van der Waals surface area contributed by atoms with Crippen molar-refractivity contribution < 1.29 is 9.53 Å². The lowest BCUT2D eigenvalue weighted by Crippen LogP contribution is -2.11. The molecule has 4 nitrogen and oxygen atoms in total. The molecule has 0 saturated heterocycles. The molecule has 1 rings (SSSR count). The van der Waals surface area contributed by atoms with Crippen LogP contribution in [-0.4, -0.2) is 22.4 Å². The first-order valence-corrected chi connectivity index (χ1v) is 5.19. The van der Waals surface area contributed by atoms with E-state index in [1.54, 1.807) is 11.6 Å². The van der Waals surface area contributed by atoms with Gasteiger partial charge in [-0.3, -0.25) is 9.48 Å². The van der Waals surface area contributed by atoms with E-state index in [2.05, 4.69) is 21.0 Å². The van der Waals surface area contributed by atoms with Gasteiger partial charge in [-0.1, -0.05) is 0 Å². The largest absolute Gasteiger partial charge is 0.466 e. The molecule has 0 bridgehead atoms. The molecule has 1 aromatic heterocycles. The molecule has 0 atom stereocenters. The van der Waals surface area contributed by atoms with Crippen LogP contribution in [0.1, 0.15) is 18.3 Å². The second kappa shape index (κ2) is 4.59. The van der Waals surface area contributed by atoms with Gasteiger partial charge in [-0.2, -0.15) is 5.10 Å². The van der Waals surface area contributed by atoms with Crippen molar-refractivity contribution in [1.29, 1.82) is 0 Å². The number of hydrogen-bond acceptors (Lipinski definition) is 3. The maximum Gasteiger partial charge on any atom is 0.311 e. The fraction of sp³-hybridized carbons (Fsp3) is 0.556. The molecule has 0 aromatic carbocycles. The fourth-order valence-corrected chi connectivity index (χ4v) is 1.70. The molecule has 0 unspecified atom stereocenters. The minimum absolute atomic E-state index is 0.226. The number of nitrogens with zero attached hydrogens (tertiary/aromatic N) is 2. The van der Waals surface area contributed by atoms with Gasteiger partial charge in [0, 0.05) is 7.05 Å². The van der Waals surface area contributed by atoms with E-state index < -0.39 is 0 Å². The summed E-state index contributed by atoms with van der Waals surface area (Å²) in [6.07, 6.45) is 0.256. The normalized spacial score (nSPS) is 10.3. The van der Waals surface area contributed by atoms with E-state index in [0.717, 1.165) is 15.9 Å². The number of halogens is 1. The summed E-state index contributed by atoms with van der Waals surface area (Å²) in [4.78, 5) is 11.2. The van der Waals surface area contributed by atoms with Crippen molar-refractivity contribution >= 4 is 21.9 Å². The first kappa shape index (κ1) is 11.2. The van der Waals surface area contributed by atoms with E-state index in [1.165, 1.54) is 0 Å². The maximum atomic E-state index is 11.2. The lowest BCUT2D eigenvalue weighted by molar-refractivity contribution is -0.142. The molecule has 0 aliphatic carbocycles. The summed E-state index contributed by atoms with van der Waals surface area (Å²) in [5, 5.41) is 4.19. The number of carbonyl (C=O) groups is 1. The second-order valence-electron chi connectivity index (χ2n) is 2.95. The van der Waals surface area contributed by atoms with Gasteiger partial charge in [0.1, 0.15) is 0 Å². The van der Waals surface area contributed by atoms with E-state index in [9.17, 15) is 4.79 Å². The van der Waals surface area contributed by atoms with Crippen LogP contribution in [0.2, 0.25) is 0 Å². The summed E-state index contributed by atoms with van der Waals surface area (Å²) >= 11 is 3.39. The van der Waals surface area contributed by atoms with E-state index in [0.29, 0.717) is 6.61 Å². The smallest absolute Gasteiger partial charge is 0.311 e. The van der Waals surface area contributed by atoms with Crippen LogP contribution >= 0.6 is 15.9 Å². The predicted molar refractivity (Wildman–Crippen MR) is 56.0 cm³/mol. The Morgan fingerprint density at radius 2 is 2.29 bits per heavy atom. The van der Waals surface area contributed by atoms with Crippen LogP contribution in [0.15, 0.2) is 4.47 Å². The van der Waals surface area contributed by atoms with Crippen molar-refractivity contribution in [2.75, 3.05) is 6.61 Å². The van der Waals surface area contributed by atoms with Crippen molar-refractivity contribution in [3.05, 3.63) is 15.9 Å². The number of aryl methyl sites for hydroxylation is 2. The van der Waals surface area contributed by atoms with Gasteiger partial charge in [0.15, 0.2) is 0 Å². The van der Waals surface area contributed by atoms with E-state index in [4.69, 9.17) is 4.74 Å². The third-order valence-electron chi connectivity index (χ3n) is 1.88. The molecule has 1 heterocycles. The van der Waals surface area contributed by atoms with Crippen LogP contribution in [0, 0.1) is 6.92 Å². The SMILES string of the molecule is CCOC(=O)Cc1c(Br)c(C)nn1C. The van der Waals surface area contributed by atoms with Gasteiger partial charge in [0.2, 0.25) is 0 Å².